The second kappa shape index (κ2) is 3.11. The lowest BCUT2D eigenvalue weighted by Gasteiger charge is -1.86. The Labute approximate surface area is 82.8 Å². The second-order valence-corrected chi connectivity index (χ2v) is 3.66. The van der Waals surface area contributed by atoms with Crippen molar-refractivity contribution in [3.63, 3.8) is 0 Å². The predicted octanol–water partition coefficient (Wildman–Crippen LogP) is -0.730. The Morgan fingerprint density at radius 1 is 1.36 bits per heavy atom. The lowest BCUT2D eigenvalue weighted by molar-refractivity contribution is -0.117. The highest BCUT2D eigenvalue weighted by atomic mass is 32.1. The molecule has 1 fully saturated rings. The molecule has 0 aliphatic carbocycles. The maximum Gasteiger partial charge on any atom is 0.275 e. The third kappa shape index (κ3) is 1.44. The number of nitrogens with one attached hydrogen (secondary N) is 2. The molecule has 6 nitrogen and oxygen atoms in total. The van der Waals surface area contributed by atoms with E-state index in [0.717, 1.165) is 0 Å². The van der Waals surface area contributed by atoms with E-state index in [1.54, 1.807) is 0 Å². The van der Waals surface area contributed by atoms with Gasteiger partial charge in [0.25, 0.3) is 11.8 Å². The van der Waals surface area contributed by atoms with Crippen molar-refractivity contribution in [3.05, 3.63) is 16.6 Å². The van der Waals surface area contributed by atoms with Gasteiger partial charge in [0.15, 0.2) is 5.13 Å². The van der Waals surface area contributed by atoms with Gasteiger partial charge in [-0.1, -0.05) is 11.3 Å². The van der Waals surface area contributed by atoms with E-state index < -0.39 is 11.8 Å². The van der Waals surface area contributed by atoms with Crippen LogP contribution in [0.2, 0.25) is 0 Å². The summed E-state index contributed by atoms with van der Waals surface area (Å²) in [5.41, 5.74) is 9.85. The van der Waals surface area contributed by atoms with E-state index in [0.29, 0.717) is 10.0 Å². The van der Waals surface area contributed by atoms with Crippen LogP contribution < -0.4 is 16.6 Å². The molecule has 4 N–H and O–H groups in total. The topological polar surface area (TPSA) is 97.1 Å². The molecule has 0 saturated carbocycles. The van der Waals surface area contributed by atoms with Crippen LogP contribution in [-0.4, -0.2) is 16.8 Å². The minimum absolute atomic E-state index is 0.0636. The molecule has 0 atom stereocenters. The third-order valence-corrected chi connectivity index (χ3v) is 2.38. The number of anilines is 1. The fourth-order valence-electron chi connectivity index (χ4n) is 0.992. The molecule has 7 heteroatoms. The van der Waals surface area contributed by atoms with E-state index in [1.165, 1.54) is 23.6 Å². The second-order valence-electron chi connectivity index (χ2n) is 2.57. The molecule has 2 rings (SSSR count). The van der Waals surface area contributed by atoms with Crippen molar-refractivity contribution in [2.24, 2.45) is 0 Å². The molecule has 0 radical (unpaired) electrons. The third-order valence-electron chi connectivity index (χ3n) is 1.61. The van der Waals surface area contributed by atoms with E-state index in [9.17, 15) is 9.59 Å². The molecule has 0 unspecified atom stereocenters. The van der Waals surface area contributed by atoms with Gasteiger partial charge in [-0.25, -0.2) is 4.98 Å². The highest BCUT2D eigenvalue weighted by molar-refractivity contribution is 7.16. The van der Waals surface area contributed by atoms with Crippen LogP contribution in [0.15, 0.2) is 11.8 Å². The highest BCUT2D eigenvalue weighted by Crippen LogP contribution is 2.18. The Morgan fingerprint density at radius 3 is 2.50 bits per heavy atom. The summed E-state index contributed by atoms with van der Waals surface area (Å²) >= 11 is 1.21. The van der Waals surface area contributed by atoms with Crippen molar-refractivity contribution in [1.82, 2.24) is 15.8 Å². The fourth-order valence-corrected chi connectivity index (χ4v) is 1.62. The Morgan fingerprint density at radius 2 is 2.00 bits per heavy atom. The van der Waals surface area contributed by atoms with Crippen LogP contribution in [0.1, 0.15) is 4.88 Å². The average molecular weight is 210 g/mol. The number of carbonyl (C=O) groups is 2. The number of nitrogen functional groups attached to an aromatic ring is 1. The summed E-state index contributed by atoms with van der Waals surface area (Å²) in [6.45, 7) is 0. The summed E-state index contributed by atoms with van der Waals surface area (Å²) in [5, 5.41) is 0.399. The fraction of sp³-hybridized carbons (Fsp3) is 0. The number of aromatic nitrogens is 1. The largest absolute Gasteiger partial charge is 0.375 e. The quantitative estimate of drug-likeness (QED) is 0.420. The van der Waals surface area contributed by atoms with E-state index >= 15 is 0 Å². The van der Waals surface area contributed by atoms with Crippen LogP contribution in [0.5, 0.6) is 0 Å². The van der Waals surface area contributed by atoms with Gasteiger partial charge in [0.05, 0.1) is 4.88 Å². The minimum atomic E-state index is -0.443. The molecule has 1 aliphatic rings. The lowest BCUT2D eigenvalue weighted by atomic mass is 10.2. The molecule has 14 heavy (non-hydrogen) atoms. The van der Waals surface area contributed by atoms with E-state index in [-0.39, 0.29) is 5.57 Å². The molecule has 1 aromatic rings. The SMILES string of the molecule is Nc1ncc(C=C2C(=O)NNC2=O)s1. The molecular weight excluding hydrogens is 204 g/mol. The van der Waals surface area contributed by atoms with Gasteiger partial charge in [0.1, 0.15) is 5.57 Å². The molecule has 0 aromatic carbocycles. The predicted molar refractivity (Wildman–Crippen MR) is 50.8 cm³/mol. The van der Waals surface area contributed by atoms with Gasteiger partial charge in [-0.05, 0) is 6.08 Å². The molecule has 1 aromatic heterocycles. The number of hydrazine groups is 1. The first-order chi connectivity index (χ1) is 6.66. The first-order valence-electron chi connectivity index (χ1n) is 3.70. The maximum absolute atomic E-state index is 11.1. The number of hydrogen-bond acceptors (Lipinski definition) is 5. The van der Waals surface area contributed by atoms with Gasteiger partial charge in [-0.15, -0.1) is 0 Å². The number of thiazole rings is 1. The van der Waals surface area contributed by atoms with Gasteiger partial charge in [0.2, 0.25) is 0 Å². The Balaban J connectivity index is 2.34. The monoisotopic (exact) mass is 210 g/mol. The Bertz CT molecular complexity index is 419. The highest BCUT2D eigenvalue weighted by Gasteiger charge is 2.25. The molecule has 1 aliphatic heterocycles. The van der Waals surface area contributed by atoms with Gasteiger partial charge < -0.3 is 5.73 Å². The van der Waals surface area contributed by atoms with Crippen LogP contribution in [-0.2, 0) is 9.59 Å². The van der Waals surface area contributed by atoms with Crippen molar-refractivity contribution in [1.29, 1.82) is 0 Å². The van der Waals surface area contributed by atoms with Crippen LogP contribution in [0.25, 0.3) is 6.08 Å². The van der Waals surface area contributed by atoms with E-state index in [4.69, 9.17) is 5.73 Å². The van der Waals surface area contributed by atoms with Crippen molar-refractivity contribution in [3.8, 4) is 0 Å². The van der Waals surface area contributed by atoms with Crippen molar-refractivity contribution in [2.75, 3.05) is 5.73 Å². The zero-order valence-electron chi connectivity index (χ0n) is 6.90. The van der Waals surface area contributed by atoms with Gasteiger partial charge in [0, 0.05) is 6.20 Å². The molecule has 72 valence electrons. The number of nitrogens with zero attached hydrogens (tertiary/aromatic N) is 1. The Hall–Kier alpha value is -1.89. The molecule has 0 spiro atoms. The maximum atomic E-state index is 11.1. The van der Waals surface area contributed by atoms with Gasteiger partial charge in [-0.2, -0.15) is 0 Å². The summed E-state index contributed by atoms with van der Waals surface area (Å²) in [6, 6.07) is 0. The lowest BCUT2D eigenvalue weighted by Crippen LogP contribution is -2.28. The number of amides is 2. The first kappa shape index (κ1) is 8.70. The first-order valence-corrected chi connectivity index (χ1v) is 4.52. The number of hydrogen-bond donors (Lipinski definition) is 3. The zero-order chi connectivity index (χ0) is 10.1. The summed E-state index contributed by atoms with van der Waals surface area (Å²) in [7, 11) is 0. The van der Waals surface area contributed by atoms with Crippen molar-refractivity contribution < 1.29 is 9.59 Å². The number of nitrogens with two attached hydrogens (primary N) is 1. The van der Waals surface area contributed by atoms with Crippen LogP contribution in [0, 0.1) is 0 Å². The number of rotatable bonds is 1. The summed E-state index contributed by atoms with van der Waals surface area (Å²) in [4.78, 5) is 26.6. The molecule has 2 heterocycles. The van der Waals surface area contributed by atoms with E-state index in [2.05, 4.69) is 15.8 Å². The standard InChI is InChI=1S/C7H6N4O2S/c8-7-9-2-3(14-7)1-4-5(12)10-11-6(4)13/h1-2H,(H2,8,9)(H,10,12)(H,11,13). The van der Waals surface area contributed by atoms with Crippen LogP contribution >= 0.6 is 11.3 Å². The van der Waals surface area contributed by atoms with Gasteiger partial charge >= 0.3 is 0 Å². The molecular formula is C7H6N4O2S. The van der Waals surface area contributed by atoms with Crippen molar-refractivity contribution >= 4 is 34.4 Å². The normalized spacial score (nSPS) is 15.3. The summed E-state index contributed by atoms with van der Waals surface area (Å²) in [5.74, 6) is -0.885. The van der Waals surface area contributed by atoms with Gasteiger partial charge in [-0.3, -0.25) is 20.4 Å². The zero-order valence-corrected chi connectivity index (χ0v) is 7.72. The Kier molecular flexibility index (Phi) is 1.93. The average Bonchev–Trinajstić information content (AvgIpc) is 2.67. The van der Waals surface area contributed by atoms with E-state index in [1.807, 2.05) is 0 Å². The summed E-state index contributed by atoms with van der Waals surface area (Å²) in [6.07, 6.45) is 2.96. The molecule has 0 bridgehead atoms. The number of carbonyl (C=O) groups excluding carboxylic acids is 2. The molecule has 2 amide bonds. The molecule has 1 saturated heterocycles. The van der Waals surface area contributed by atoms with Crippen LogP contribution in [0.3, 0.4) is 0 Å². The summed E-state index contributed by atoms with van der Waals surface area (Å²) < 4.78 is 0. The smallest absolute Gasteiger partial charge is 0.275 e. The minimum Gasteiger partial charge on any atom is -0.375 e. The van der Waals surface area contributed by atoms with Crippen molar-refractivity contribution in [2.45, 2.75) is 0 Å². The van der Waals surface area contributed by atoms with Crippen LogP contribution in [0.4, 0.5) is 5.13 Å².